The summed E-state index contributed by atoms with van der Waals surface area (Å²) in [6.07, 6.45) is 8.57. The summed E-state index contributed by atoms with van der Waals surface area (Å²) in [6, 6.07) is 0. The number of carbonyl (C=O) groups is 2. The van der Waals surface area contributed by atoms with Crippen LogP contribution in [0.2, 0.25) is 0 Å². The zero-order valence-corrected chi connectivity index (χ0v) is 17.2. The van der Waals surface area contributed by atoms with Crippen LogP contribution in [-0.4, -0.2) is 17.9 Å². The Labute approximate surface area is 159 Å². The first kappa shape index (κ1) is 17.8. The highest BCUT2D eigenvalue weighted by Crippen LogP contribution is 2.66. The molecule has 3 nitrogen and oxygen atoms in total. The molecule has 0 aromatic heterocycles. The van der Waals surface area contributed by atoms with Gasteiger partial charge in [0, 0.05) is 18.8 Å². The van der Waals surface area contributed by atoms with E-state index in [9.17, 15) is 9.59 Å². The largest absolute Gasteiger partial charge is 0.462 e. The van der Waals surface area contributed by atoms with Crippen LogP contribution in [0, 0.1) is 28.6 Å². The second-order valence-corrected chi connectivity index (χ2v) is 10.1. The summed E-state index contributed by atoms with van der Waals surface area (Å²) in [4.78, 5) is 23.7. The van der Waals surface area contributed by atoms with Crippen molar-refractivity contribution in [2.24, 2.45) is 28.6 Å². The van der Waals surface area contributed by atoms with Gasteiger partial charge in [-0.05, 0) is 89.6 Å². The van der Waals surface area contributed by atoms with E-state index in [0.29, 0.717) is 30.0 Å². The van der Waals surface area contributed by atoms with Gasteiger partial charge in [-0.3, -0.25) is 9.59 Å². The van der Waals surface area contributed by atoms with Crippen molar-refractivity contribution in [1.29, 1.82) is 0 Å². The number of rotatable bonds is 1. The molecular formula is C21H29BrO3. The number of halogens is 1. The third-order valence-corrected chi connectivity index (χ3v) is 9.20. The molecule has 0 aromatic carbocycles. The predicted octanol–water partition coefficient (Wildman–Crippen LogP) is 5.17. The number of esters is 1. The molecule has 0 bridgehead atoms. The Morgan fingerprint density at radius 1 is 1.08 bits per heavy atom. The van der Waals surface area contributed by atoms with Crippen LogP contribution < -0.4 is 0 Å². The van der Waals surface area contributed by atoms with E-state index in [1.165, 1.54) is 31.8 Å². The maximum absolute atomic E-state index is 12.2. The molecule has 25 heavy (non-hydrogen) atoms. The van der Waals surface area contributed by atoms with Crippen molar-refractivity contribution in [3.63, 3.8) is 0 Å². The maximum Gasteiger partial charge on any atom is 0.302 e. The van der Waals surface area contributed by atoms with Crippen molar-refractivity contribution >= 4 is 27.7 Å². The minimum atomic E-state index is -0.135. The molecule has 4 heteroatoms. The van der Waals surface area contributed by atoms with Gasteiger partial charge >= 0.3 is 5.97 Å². The number of hydrogen-bond donors (Lipinski definition) is 0. The fourth-order valence-corrected chi connectivity index (χ4v) is 7.84. The Hall–Kier alpha value is -0.640. The normalized spacial score (nSPS) is 46.3. The number of allylic oxidation sites excluding steroid dienone is 1. The zero-order valence-electron chi connectivity index (χ0n) is 15.6. The van der Waals surface area contributed by atoms with Crippen LogP contribution in [0.1, 0.15) is 72.1 Å². The lowest BCUT2D eigenvalue weighted by Crippen LogP contribution is -2.52. The molecule has 0 N–H and O–H groups in total. The molecule has 3 fully saturated rings. The highest BCUT2D eigenvalue weighted by Gasteiger charge is 2.60. The molecule has 4 aliphatic carbocycles. The summed E-state index contributed by atoms with van der Waals surface area (Å²) < 4.78 is 6.61. The summed E-state index contributed by atoms with van der Waals surface area (Å²) in [5.41, 5.74) is 1.71. The van der Waals surface area contributed by atoms with Gasteiger partial charge in [-0.15, -0.1) is 0 Å². The van der Waals surface area contributed by atoms with Crippen molar-refractivity contribution in [2.75, 3.05) is 0 Å². The summed E-state index contributed by atoms with van der Waals surface area (Å²) in [5, 5.41) is 0. The van der Waals surface area contributed by atoms with Gasteiger partial charge in [0.25, 0.3) is 0 Å². The fraction of sp³-hybridized carbons (Fsp3) is 0.810. The molecule has 0 unspecified atom stereocenters. The molecule has 4 aliphatic rings. The number of carbonyl (C=O) groups excluding carboxylic acids is 2. The Bertz CT molecular complexity index is 654. The SMILES string of the molecule is CC(=O)O[C@H]1CC[C@H]2[C@@H]3CCC4=C(Br)C(=O)CC[C@@]4(C)[C@@H]3CC[C@]12C. The first-order chi connectivity index (χ1) is 11.8. The number of Topliss-reactive ketones (excluding diaryl/α,β-unsaturated/α-hetero) is 1. The van der Waals surface area contributed by atoms with E-state index in [0.717, 1.165) is 30.2 Å². The minimum absolute atomic E-state index is 0.0976. The molecule has 0 heterocycles. The average molecular weight is 409 g/mol. The molecule has 3 saturated carbocycles. The predicted molar refractivity (Wildman–Crippen MR) is 100 cm³/mol. The highest BCUT2D eigenvalue weighted by molar-refractivity contribution is 9.12. The first-order valence-electron chi connectivity index (χ1n) is 9.87. The van der Waals surface area contributed by atoms with Gasteiger partial charge in [0.1, 0.15) is 6.10 Å². The van der Waals surface area contributed by atoms with Crippen LogP contribution in [0.15, 0.2) is 10.1 Å². The Kier molecular flexibility index (Phi) is 4.22. The molecule has 0 aromatic rings. The molecule has 0 spiro atoms. The Balaban J connectivity index is 1.65. The van der Waals surface area contributed by atoms with Gasteiger partial charge in [-0.25, -0.2) is 0 Å². The van der Waals surface area contributed by atoms with Gasteiger partial charge in [0.2, 0.25) is 0 Å². The van der Waals surface area contributed by atoms with Gasteiger partial charge in [-0.2, -0.15) is 0 Å². The standard InChI is InChI=1S/C21H29BrO3/c1-12(23)25-18-7-6-14-13-4-5-16-19(22)17(24)9-11-20(16,2)15(13)8-10-21(14,18)3/h13-15,18H,4-11H2,1-3H3/t13-,14-,15+,18-,20-,21-/m0/s1. The molecule has 138 valence electrons. The summed E-state index contributed by atoms with van der Waals surface area (Å²) in [7, 11) is 0. The van der Waals surface area contributed by atoms with E-state index in [2.05, 4.69) is 29.8 Å². The van der Waals surface area contributed by atoms with Gasteiger partial charge < -0.3 is 4.74 Å². The lowest BCUT2D eigenvalue weighted by atomic mass is 9.47. The Morgan fingerprint density at radius 2 is 1.84 bits per heavy atom. The van der Waals surface area contributed by atoms with Crippen LogP contribution in [0.25, 0.3) is 0 Å². The zero-order chi connectivity index (χ0) is 18.0. The second kappa shape index (κ2) is 5.94. The molecule has 0 saturated heterocycles. The van der Waals surface area contributed by atoms with Crippen LogP contribution in [0.5, 0.6) is 0 Å². The van der Waals surface area contributed by atoms with Crippen LogP contribution in [0.3, 0.4) is 0 Å². The highest BCUT2D eigenvalue weighted by atomic mass is 79.9. The van der Waals surface area contributed by atoms with Crippen molar-refractivity contribution in [2.45, 2.75) is 78.2 Å². The number of hydrogen-bond acceptors (Lipinski definition) is 3. The lowest BCUT2D eigenvalue weighted by molar-refractivity contribution is -0.157. The lowest BCUT2D eigenvalue weighted by Gasteiger charge is -2.58. The van der Waals surface area contributed by atoms with Gasteiger partial charge in [0.15, 0.2) is 5.78 Å². The van der Waals surface area contributed by atoms with Crippen LogP contribution >= 0.6 is 15.9 Å². The third kappa shape index (κ3) is 2.49. The van der Waals surface area contributed by atoms with Crippen LogP contribution in [0.4, 0.5) is 0 Å². The monoisotopic (exact) mass is 408 g/mol. The fourth-order valence-electron chi connectivity index (χ4n) is 7.00. The molecule has 0 amide bonds. The Morgan fingerprint density at radius 3 is 2.56 bits per heavy atom. The topological polar surface area (TPSA) is 43.4 Å². The van der Waals surface area contributed by atoms with Crippen molar-refractivity contribution < 1.29 is 14.3 Å². The van der Waals surface area contributed by atoms with E-state index < -0.39 is 0 Å². The molecule has 4 rings (SSSR count). The summed E-state index contributed by atoms with van der Waals surface area (Å²) >= 11 is 3.62. The van der Waals surface area contributed by atoms with E-state index in [1.807, 2.05) is 0 Å². The molecule has 0 aliphatic heterocycles. The number of fused-ring (bicyclic) bond motifs is 5. The average Bonchev–Trinajstić information content (AvgIpc) is 2.88. The summed E-state index contributed by atoms with van der Waals surface area (Å²) in [6.45, 7) is 6.31. The van der Waals surface area contributed by atoms with Crippen molar-refractivity contribution in [3.8, 4) is 0 Å². The molecular weight excluding hydrogens is 380 g/mol. The summed E-state index contributed by atoms with van der Waals surface area (Å²) in [5.74, 6) is 2.20. The van der Waals surface area contributed by atoms with Crippen molar-refractivity contribution in [1.82, 2.24) is 0 Å². The smallest absolute Gasteiger partial charge is 0.302 e. The molecule has 6 atom stereocenters. The molecule has 0 radical (unpaired) electrons. The maximum atomic E-state index is 12.2. The number of ketones is 1. The number of ether oxygens (including phenoxy) is 1. The van der Waals surface area contributed by atoms with Crippen molar-refractivity contribution in [3.05, 3.63) is 10.1 Å². The van der Waals surface area contributed by atoms with E-state index in [-0.39, 0.29) is 22.9 Å². The first-order valence-corrected chi connectivity index (χ1v) is 10.7. The quantitative estimate of drug-likeness (QED) is 0.561. The van der Waals surface area contributed by atoms with Gasteiger partial charge in [0.05, 0.1) is 4.48 Å². The van der Waals surface area contributed by atoms with E-state index in [1.54, 1.807) is 0 Å². The van der Waals surface area contributed by atoms with Crippen LogP contribution in [-0.2, 0) is 14.3 Å². The van der Waals surface area contributed by atoms with E-state index >= 15 is 0 Å². The third-order valence-electron chi connectivity index (χ3n) is 8.27. The second-order valence-electron chi connectivity index (χ2n) is 9.27. The van der Waals surface area contributed by atoms with Gasteiger partial charge in [-0.1, -0.05) is 13.8 Å². The minimum Gasteiger partial charge on any atom is -0.462 e. The van der Waals surface area contributed by atoms with E-state index in [4.69, 9.17) is 4.74 Å².